The topological polar surface area (TPSA) is 95.6 Å². The van der Waals surface area contributed by atoms with E-state index in [2.05, 4.69) is 30.8 Å². The van der Waals surface area contributed by atoms with Gasteiger partial charge in [-0.3, -0.25) is 5.10 Å². The van der Waals surface area contributed by atoms with Gasteiger partial charge in [-0.15, -0.1) is 0 Å². The van der Waals surface area contributed by atoms with Crippen molar-refractivity contribution in [2.24, 2.45) is 0 Å². The van der Waals surface area contributed by atoms with Crippen LogP contribution in [0.2, 0.25) is 10.0 Å². The summed E-state index contributed by atoms with van der Waals surface area (Å²) < 4.78 is 26.3. The Morgan fingerprint density at radius 1 is 0.972 bits per heavy atom. The van der Waals surface area contributed by atoms with Crippen molar-refractivity contribution in [3.05, 3.63) is 82.7 Å². The van der Waals surface area contributed by atoms with Crippen molar-refractivity contribution >= 4 is 69.7 Å². The van der Waals surface area contributed by atoms with Crippen LogP contribution in [0.1, 0.15) is 0 Å². The first-order chi connectivity index (χ1) is 17.2. The first-order valence-electron chi connectivity index (χ1n) is 10.8. The zero-order chi connectivity index (χ0) is 25.4. The number of H-pyrrole nitrogens is 1. The van der Waals surface area contributed by atoms with Gasteiger partial charge < -0.3 is 15.2 Å². The molecule has 5 aromatic rings. The fourth-order valence-electron chi connectivity index (χ4n) is 3.78. The molecule has 3 N–H and O–H groups in total. The van der Waals surface area contributed by atoms with Crippen LogP contribution in [0.15, 0.2) is 66.9 Å². The number of hydrogen-bond acceptors (Lipinski definition) is 6. The molecule has 3 aromatic carbocycles. The van der Waals surface area contributed by atoms with Crippen LogP contribution in [0.3, 0.4) is 0 Å². The maximum Gasteiger partial charge on any atom is 0.229 e. The standard InChI is InChI=1S/C25H20Cl2FN6OP/c1-36(2,35)22-6-4-3-5-21(22)31-24-18(27)13-29-25(32-24)30-15-8-10-20-16(12-15)23(34-33-20)14-7-9-19(28)17(26)11-14/h3-13H,1-2H3,(H,33,34)(H2,29,30,31,32). The highest BCUT2D eigenvalue weighted by atomic mass is 35.5. The number of fused-ring (bicyclic) bond motifs is 1. The summed E-state index contributed by atoms with van der Waals surface area (Å²) in [6.07, 6.45) is 1.49. The number of aromatic nitrogens is 4. The Morgan fingerprint density at radius 2 is 1.78 bits per heavy atom. The lowest BCUT2D eigenvalue weighted by atomic mass is 10.1. The van der Waals surface area contributed by atoms with E-state index in [-0.39, 0.29) is 5.02 Å². The molecule has 0 aliphatic carbocycles. The highest BCUT2D eigenvalue weighted by Crippen LogP contribution is 2.39. The molecule has 0 aliphatic rings. The number of rotatable bonds is 6. The molecule has 0 aliphatic heterocycles. The minimum Gasteiger partial charge on any atom is -0.338 e. The molecule has 182 valence electrons. The van der Waals surface area contributed by atoms with Gasteiger partial charge in [0.25, 0.3) is 0 Å². The summed E-state index contributed by atoms with van der Waals surface area (Å²) in [7, 11) is -2.53. The first kappa shape index (κ1) is 24.3. The van der Waals surface area contributed by atoms with Crippen LogP contribution in [0.4, 0.5) is 27.5 Å². The van der Waals surface area contributed by atoms with Gasteiger partial charge in [0.1, 0.15) is 23.7 Å². The molecule has 0 amide bonds. The summed E-state index contributed by atoms with van der Waals surface area (Å²) in [6, 6.07) is 17.4. The van der Waals surface area contributed by atoms with Gasteiger partial charge in [-0.25, -0.2) is 9.37 Å². The first-order valence-corrected chi connectivity index (χ1v) is 14.2. The van der Waals surface area contributed by atoms with Crippen LogP contribution in [-0.4, -0.2) is 33.5 Å². The van der Waals surface area contributed by atoms with E-state index < -0.39 is 13.0 Å². The van der Waals surface area contributed by atoms with Crippen LogP contribution >= 0.6 is 30.3 Å². The summed E-state index contributed by atoms with van der Waals surface area (Å²) in [5.74, 6) is 0.195. The van der Waals surface area contributed by atoms with Gasteiger partial charge in [0.15, 0.2) is 5.82 Å². The molecule has 0 saturated heterocycles. The second-order valence-corrected chi connectivity index (χ2v) is 12.5. The normalized spacial score (nSPS) is 11.6. The maximum absolute atomic E-state index is 13.6. The van der Waals surface area contributed by atoms with E-state index in [1.165, 1.54) is 18.3 Å². The minimum absolute atomic E-state index is 0.0246. The van der Waals surface area contributed by atoms with Crippen molar-refractivity contribution in [1.82, 2.24) is 20.2 Å². The Morgan fingerprint density at radius 3 is 2.56 bits per heavy atom. The van der Waals surface area contributed by atoms with Crippen molar-refractivity contribution in [1.29, 1.82) is 0 Å². The molecule has 0 saturated carbocycles. The number of nitrogens with one attached hydrogen (secondary N) is 3. The molecule has 0 bridgehead atoms. The highest BCUT2D eigenvalue weighted by Gasteiger charge is 2.17. The highest BCUT2D eigenvalue weighted by molar-refractivity contribution is 7.70. The zero-order valence-corrected chi connectivity index (χ0v) is 21.6. The largest absolute Gasteiger partial charge is 0.338 e. The van der Waals surface area contributed by atoms with Crippen molar-refractivity contribution in [3.8, 4) is 11.3 Å². The third-order valence-corrected chi connectivity index (χ3v) is 7.61. The molecule has 2 heterocycles. The lowest BCUT2D eigenvalue weighted by Crippen LogP contribution is -2.10. The van der Waals surface area contributed by atoms with Crippen molar-refractivity contribution in [3.63, 3.8) is 0 Å². The van der Waals surface area contributed by atoms with Crippen LogP contribution in [0.5, 0.6) is 0 Å². The van der Waals surface area contributed by atoms with Crippen LogP contribution in [0.25, 0.3) is 22.2 Å². The third-order valence-electron chi connectivity index (χ3n) is 5.49. The number of aromatic amines is 1. The molecule has 0 unspecified atom stereocenters. The molecular weight excluding hydrogens is 521 g/mol. The molecule has 0 fully saturated rings. The molecule has 2 aromatic heterocycles. The number of anilines is 4. The van der Waals surface area contributed by atoms with Gasteiger partial charge in [-0.05, 0) is 61.9 Å². The van der Waals surface area contributed by atoms with Crippen LogP contribution in [0, 0.1) is 5.82 Å². The molecule has 7 nitrogen and oxygen atoms in total. The average Bonchev–Trinajstić information content (AvgIpc) is 3.26. The lowest BCUT2D eigenvalue weighted by Gasteiger charge is -2.15. The molecule has 11 heteroatoms. The Hall–Kier alpha value is -3.45. The smallest absolute Gasteiger partial charge is 0.229 e. The number of para-hydroxylation sites is 1. The monoisotopic (exact) mass is 540 g/mol. The van der Waals surface area contributed by atoms with Gasteiger partial charge in [0.05, 0.1) is 22.4 Å². The van der Waals surface area contributed by atoms with E-state index in [0.717, 1.165) is 10.9 Å². The van der Waals surface area contributed by atoms with E-state index in [4.69, 9.17) is 23.2 Å². The van der Waals surface area contributed by atoms with Crippen LogP contribution < -0.4 is 15.9 Å². The Kier molecular flexibility index (Phi) is 6.43. The van der Waals surface area contributed by atoms with Gasteiger partial charge in [0.2, 0.25) is 5.95 Å². The minimum atomic E-state index is -2.53. The summed E-state index contributed by atoms with van der Waals surface area (Å²) in [5, 5.41) is 15.6. The predicted octanol–water partition coefficient (Wildman–Crippen LogP) is 7.20. The van der Waals surface area contributed by atoms with Crippen molar-refractivity contribution < 1.29 is 8.96 Å². The second-order valence-electron chi connectivity index (χ2n) is 8.47. The van der Waals surface area contributed by atoms with Gasteiger partial charge in [-0.1, -0.05) is 35.3 Å². The molecule has 0 atom stereocenters. The second kappa shape index (κ2) is 9.54. The van der Waals surface area contributed by atoms with E-state index in [0.29, 0.717) is 44.7 Å². The fourth-order valence-corrected chi connectivity index (χ4v) is 5.25. The summed E-state index contributed by atoms with van der Waals surface area (Å²) in [4.78, 5) is 8.80. The van der Waals surface area contributed by atoms with E-state index in [9.17, 15) is 8.96 Å². The molecule has 5 rings (SSSR count). The summed E-state index contributed by atoms with van der Waals surface area (Å²) in [6.45, 7) is 3.42. The van der Waals surface area contributed by atoms with Gasteiger partial charge in [-0.2, -0.15) is 10.1 Å². The Bertz CT molecular complexity index is 1650. The maximum atomic E-state index is 13.6. The Labute approximate surface area is 216 Å². The molecule has 0 spiro atoms. The number of halogens is 3. The number of hydrogen-bond donors (Lipinski definition) is 3. The van der Waals surface area contributed by atoms with Crippen LogP contribution in [-0.2, 0) is 4.57 Å². The Balaban J connectivity index is 1.46. The predicted molar refractivity (Wildman–Crippen MR) is 146 cm³/mol. The molecule has 36 heavy (non-hydrogen) atoms. The SMILES string of the molecule is CP(C)(=O)c1ccccc1Nc1nc(Nc2ccc3[nH]nc(-c4ccc(F)c(Cl)c4)c3c2)ncc1Cl. The molecular formula is C25H20Cl2FN6OP. The van der Waals surface area contributed by atoms with Gasteiger partial charge in [0, 0.05) is 21.9 Å². The zero-order valence-electron chi connectivity index (χ0n) is 19.2. The van der Waals surface area contributed by atoms with Crippen molar-refractivity contribution in [2.45, 2.75) is 0 Å². The van der Waals surface area contributed by atoms with Gasteiger partial charge >= 0.3 is 0 Å². The summed E-state index contributed by atoms with van der Waals surface area (Å²) in [5.41, 5.74) is 3.49. The van der Waals surface area contributed by atoms with Crippen molar-refractivity contribution in [2.75, 3.05) is 24.0 Å². The van der Waals surface area contributed by atoms with E-state index in [1.807, 2.05) is 42.5 Å². The average molecular weight is 541 g/mol. The number of benzene rings is 3. The van der Waals surface area contributed by atoms with E-state index in [1.54, 1.807) is 19.4 Å². The lowest BCUT2D eigenvalue weighted by molar-refractivity contribution is 0.588. The third kappa shape index (κ3) is 4.93. The quantitative estimate of drug-likeness (QED) is 0.197. The fraction of sp³-hybridized carbons (Fsp3) is 0.0800. The number of nitrogens with zero attached hydrogens (tertiary/aromatic N) is 3. The summed E-state index contributed by atoms with van der Waals surface area (Å²) >= 11 is 12.3. The molecule has 0 radical (unpaired) electrons. The van der Waals surface area contributed by atoms with E-state index >= 15 is 0 Å².